The van der Waals surface area contributed by atoms with E-state index in [0.29, 0.717) is 6.42 Å². The molecule has 2 atom stereocenters. The molecule has 1 fully saturated rings. The van der Waals surface area contributed by atoms with Crippen LogP contribution in [0.5, 0.6) is 0 Å². The molecule has 2 aliphatic heterocycles. The van der Waals surface area contributed by atoms with Gasteiger partial charge in [-0.3, -0.25) is 4.90 Å². The van der Waals surface area contributed by atoms with Gasteiger partial charge in [-0.1, -0.05) is 42.5 Å². The number of carbonyl (C=O) groups is 1. The molecule has 0 spiro atoms. The van der Waals surface area contributed by atoms with Gasteiger partial charge in [-0.25, -0.2) is 9.18 Å². The quantitative estimate of drug-likeness (QED) is 0.798. The summed E-state index contributed by atoms with van der Waals surface area (Å²) in [6.07, 6.45) is 4.26. The second kappa shape index (κ2) is 7.24. The van der Waals surface area contributed by atoms with Gasteiger partial charge in [-0.2, -0.15) is 5.26 Å². The van der Waals surface area contributed by atoms with Gasteiger partial charge in [-0.15, -0.1) is 0 Å². The number of carbonyl (C=O) groups excluding carboxylic acids is 1. The summed E-state index contributed by atoms with van der Waals surface area (Å²) in [4.78, 5) is 14.4. The van der Waals surface area contributed by atoms with Crippen molar-refractivity contribution in [3.63, 3.8) is 0 Å². The largest absolute Gasteiger partial charge is 0.445 e. The molecule has 0 saturated carbocycles. The van der Waals surface area contributed by atoms with Crippen LogP contribution in [0.25, 0.3) is 5.57 Å². The first-order valence-electron chi connectivity index (χ1n) is 9.05. The summed E-state index contributed by atoms with van der Waals surface area (Å²) in [7, 11) is 0. The van der Waals surface area contributed by atoms with Crippen molar-refractivity contribution in [2.75, 3.05) is 0 Å². The molecule has 2 bridgehead atoms. The third kappa shape index (κ3) is 3.43. The van der Waals surface area contributed by atoms with Crippen LogP contribution in [0, 0.1) is 17.1 Å². The Morgan fingerprint density at radius 3 is 2.78 bits per heavy atom. The van der Waals surface area contributed by atoms with Crippen LogP contribution in [0.1, 0.15) is 36.0 Å². The molecule has 4 nitrogen and oxygen atoms in total. The number of hydrogen-bond donors (Lipinski definition) is 0. The molecule has 2 aliphatic rings. The van der Waals surface area contributed by atoms with Crippen LogP contribution < -0.4 is 0 Å². The third-order valence-electron chi connectivity index (χ3n) is 5.27. The van der Waals surface area contributed by atoms with Crippen molar-refractivity contribution in [3.8, 4) is 6.07 Å². The molecule has 2 unspecified atom stereocenters. The van der Waals surface area contributed by atoms with Crippen LogP contribution in [0.3, 0.4) is 0 Å². The lowest BCUT2D eigenvalue weighted by Crippen LogP contribution is -2.43. The Bertz CT molecular complexity index is 933. The zero-order valence-electron chi connectivity index (χ0n) is 14.8. The van der Waals surface area contributed by atoms with E-state index >= 15 is 0 Å². The smallest absolute Gasteiger partial charge is 0.410 e. The molecule has 136 valence electrons. The van der Waals surface area contributed by atoms with Gasteiger partial charge >= 0.3 is 6.09 Å². The van der Waals surface area contributed by atoms with Crippen LogP contribution >= 0.6 is 0 Å². The number of nitriles is 1. The molecular formula is C22H19FN2O2. The first kappa shape index (κ1) is 17.3. The maximum Gasteiger partial charge on any atom is 0.410 e. The van der Waals surface area contributed by atoms with Crippen LogP contribution in [-0.2, 0) is 11.3 Å². The molecule has 0 aromatic heterocycles. The highest BCUT2D eigenvalue weighted by Crippen LogP contribution is 2.39. The SMILES string of the molecule is N#Cc1cc(C2=CC3CCC(C2)N3C(=O)OCc2ccccc2)ccc1F. The van der Waals surface area contributed by atoms with Gasteiger partial charge in [0.15, 0.2) is 0 Å². The molecule has 2 aromatic carbocycles. The lowest BCUT2D eigenvalue weighted by atomic mass is 9.94. The van der Waals surface area contributed by atoms with Crippen molar-refractivity contribution in [1.82, 2.24) is 4.90 Å². The van der Waals surface area contributed by atoms with E-state index in [1.54, 1.807) is 12.1 Å². The van der Waals surface area contributed by atoms with E-state index in [2.05, 4.69) is 6.08 Å². The van der Waals surface area contributed by atoms with Gasteiger partial charge in [0.2, 0.25) is 0 Å². The minimum Gasteiger partial charge on any atom is -0.445 e. The van der Waals surface area contributed by atoms with Gasteiger partial charge in [-0.05, 0) is 48.1 Å². The number of amides is 1. The fourth-order valence-electron chi connectivity index (χ4n) is 3.93. The average Bonchev–Trinajstić information content (AvgIpc) is 2.97. The molecular weight excluding hydrogens is 343 g/mol. The van der Waals surface area contributed by atoms with E-state index in [4.69, 9.17) is 10.00 Å². The molecule has 0 N–H and O–H groups in total. The van der Waals surface area contributed by atoms with Gasteiger partial charge in [0, 0.05) is 6.04 Å². The van der Waals surface area contributed by atoms with Crippen molar-refractivity contribution in [2.24, 2.45) is 0 Å². The lowest BCUT2D eigenvalue weighted by molar-refractivity contribution is 0.0832. The molecule has 2 aromatic rings. The minimum absolute atomic E-state index is 0.0161. The predicted molar refractivity (Wildman–Crippen MR) is 99.0 cm³/mol. The third-order valence-corrected chi connectivity index (χ3v) is 5.27. The molecule has 5 heteroatoms. The Balaban J connectivity index is 1.49. The Kier molecular flexibility index (Phi) is 4.64. The van der Waals surface area contributed by atoms with E-state index in [9.17, 15) is 9.18 Å². The Morgan fingerprint density at radius 2 is 2.04 bits per heavy atom. The summed E-state index contributed by atoms with van der Waals surface area (Å²) in [6.45, 7) is 0.260. The van der Waals surface area contributed by atoms with Gasteiger partial charge in [0.25, 0.3) is 0 Å². The highest BCUT2D eigenvalue weighted by molar-refractivity contribution is 5.75. The van der Waals surface area contributed by atoms with Gasteiger partial charge in [0.1, 0.15) is 18.5 Å². The molecule has 27 heavy (non-hydrogen) atoms. The molecule has 0 aliphatic carbocycles. The first-order valence-corrected chi connectivity index (χ1v) is 9.05. The molecule has 4 rings (SSSR count). The molecule has 0 radical (unpaired) electrons. The number of benzene rings is 2. The normalized spacial score (nSPS) is 20.7. The van der Waals surface area contributed by atoms with Crippen LogP contribution in [-0.4, -0.2) is 23.1 Å². The first-order chi connectivity index (χ1) is 13.2. The van der Waals surface area contributed by atoms with E-state index in [-0.39, 0.29) is 30.3 Å². The van der Waals surface area contributed by atoms with Crippen molar-refractivity contribution in [2.45, 2.75) is 38.0 Å². The monoisotopic (exact) mass is 362 g/mol. The Morgan fingerprint density at radius 1 is 1.22 bits per heavy atom. The summed E-state index contributed by atoms with van der Waals surface area (Å²) >= 11 is 0. The molecule has 2 heterocycles. The second-order valence-corrected chi connectivity index (χ2v) is 6.95. The minimum atomic E-state index is -0.508. The fourth-order valence-corrected chi connectivity index (χ4v) is 3.93. The number of fused-ring (bicyclic) bond motifs is 2. The molecule has 1 amide bonds. The number of halogens is 1. The second-order valence-electron chi connectivity index (χ2n) is 6.95. The summed E-state index contributed by atoms with van der Waals surface area (Å²) < 4.78 is 19.1. The van der Waals surface area contributed by atoms with Gasteiger partial charge in [0.05, 0.1) is 11.6 Å². The van der Waals surface area contributed by atoms with E-state index in [0.717, 1.165) is 29.5 Å². The van der Waals surface area contributed by atoms with Crippen LogP contribution in [0.15, 0.2) is 54.6 Å². The number of rotatable bonds is 3. The average molecular weight is 362 g/mol. The van der Waals surface area contributed by atoms with Crippen molar-refractivity contribution in [1.29, 1.82) is 5.26 Å². The standard InChI is InChI=1S/C22H19FN2O2/c23-21-9-6-16(10-18(21)13-24)17-11-19-7-8-20(12-17)25(19)22(26)27-14-15-4-2-1-3-5-15/h1-6,9-11,19-20H,7-8,12,14H2. The van der Waals surface area contributed by atoms with E-state index in [1.165, 1.54) is 6.07 Å². The topological polar surface area (TPSA) is 53.3 Å². The lowest BCUT2D eigenvalue weighted by Gasteiger charge is -2.33. The Labute approximate surface area is 157 Å². The van der Waals surface area contributed by atoms with Crippen molar-refractivity contribution in [3.05, 3.63) is 77.1 Å². The zero-order chi connectivity index (χ0) is 18.8. The maximum absolute atomic E-state index is 13.6. The zero-order valence-corrected chi connectivity index (χ0v) is 14.8. The van der Waals surface area contributed by atoms with Gasteiger partial charge < -0.3 is 4.74 Å². The summed E-state index contributed by atoms with van der Waals surface area (Å²) in [5, 5.41) is 9.05. The van der Waals surface area contributed by atoms with E-state index < -0.39 is 5.82 Å². The van der Waals surface area contributed by atoms with Crippen molar-refractivity contribution < 1.29 is 13.9 Å². The number of ether oxygens (including phenoxy) is 1. The van der Waals surface area contributed by atoms with Crippen LogP contribution in [0.2, 0.25) is 0 Å². The van der Waals surface area contributed by atoms with E-state index in [1.807, 2.05) is 41.3 Å². The maximum atomic E-state index is 13.6. The highest BCUT2D eigenvalue weighted by Gasteiger charge is 2.40. The highest BCUT2D eigenvalue weighted by atomic mass is 19.1. The fraction of sp³-hybridized carbons (Fsp3) is 0.273. The number of nitrogens with zero attached hydrogens (tertiary/aromatic N) is 2. The Hall–Kier alpha value is -3.13. The summed E-state index contributed by atoms with van der Waals surface area (Å²) in [5.74, 6) is -0.508. The van der Waals surface area contributed by atoms with Crippen LogP contribution in [0.4, 0.5) is 9.18 Å². The van der Waals surface area contributed by atoms with Crippen molar-refractivity contribution >= 4 is 11.7 Å². The number of hydrogen-bond acceptors (Lipinski definition) is 3. The molecule has 1 saturated heterocycles. The summed E-state index contributed by atoms with van der Waals surface area (Å²) in [5.41, 5.74) is 2.92. The summed E-state index contributed by atoms with van der Waals surface area (Å²) in [6, 6.07) is 16.2. The predicted octanol–water partition coefficient (Wildman–Crippen LogP) is 4.65.